The van der Waals surface area contributed by atoms with E-state index in [0.717, 1.165) is 9.88 Å². The zero-order valence-electron chi connectivity index (χ0n) is 9.43. The van der Waals surface area contributed by atoms with E-state index < -0.39 is 0 Å². The Balaban J connectivity index is 2.57. The second-order valence-electron chi connectivity index (χ2n) is 3.76. The Labute approximate surface area is 107 Å². The van der Waals surface area contributed by atoms with Gasteiger partial charge in [-0.05, 0) is 12.1 Å². The van der Waals surface area contributed by atoms with Gasteiger partial charge in [0.05, 0.1) is 4.99 Å². The average Bonchev–Trinajstić information content (AvgIpc) is 2.25. The average molecular weight is 253 g/mol. The van der Waals surface area contributed by atoms with E-state index in [1.54, 1.807) is 12.1 Å². The van der Waals surface area contributed by atoms with E-state index in [9.17, 15) is 4.79 Å². The number of Topliss-reactive ketones (excluding diaryl/α,β-unsaturated/α-hetero) is 1. The van der Waals surface area contributed by atoms with Gasteiger partial charge in [-0.3, -0.25) is 4.79 Å². The molecular formula is C12H15NOS2. The number of carbonyl (C=O) groups excluding carboxylic acids is 1. The van der Waals surface area contributed by atoms with Crippen molar-refractivity contribution in [3.05, 3.63) is 29.8 Å². The van der Waals surface area contributed by atoms with Gasteiger partial charge in [0, 0.05) is 37.4 Å². The molecule has 0 unspecified atom stereocenters. The molecule has 0 radical (unpaired) electrons. The zero-order chi connectivity index (χ0) is 12.1. The molecule has 86 valence electrons. The van der Waals surface area contributed by atoms with Crippen molar-refractivity contribution in [2.24, 2.45) is 0 Å². The highest BCUT2D eigenvalue weighted by Gasteiger charge is 2.08. The first-order valence-electron chi connectivity index (χ1n) is 5.03. The van der Waals surface area contributed by atoms with Crippen LogP contribution in [-0.2, 0) is 0 Å². The van der Waals surface area contributed by atoms with Gasteiger partial charge < -0.3 is 4.90 Å². The Morgan fingerprint density at radius 1 is 1.38 bits per heavy atom. The molecule has 0 heterocycles. The molecule has 0 aliphatic carbocycles. The Bertz CT molecular complexity index is 402. The summed E-state index contributed by atoms with van der Waals surface area (Å²) < 4.78 is 0. The fraction of sp³-hybridized carbons (Fsp3) is 0.333. The monoisotopic (exact) mass is 253 g/mol. The minimum absolute atomic E-state index is 0.111. The van der Waals surface area contributed by atoms with Crippen LogP contribution in [0.3, 0.4) is 0 Å². The first-order chi connectivity index (χ1) is 7.50. The largest absolute Gasteiger partial charge is 0.372 e. The number of carbonyl (C=O) groups is 1. The van der Waals surface area contributed by atoms with Crippen LogP contribution in [-0.4, -0.2) is 29.8 Å². The lowest BCUT2D eigenvalue weighted by Crippen LogP contribution is -2.20. The van der Waals surface area contributed by atoms with Gasteiger partial charge in [0.25, 0.3) is 0 Å². The van der Waals surface area contributed by atoms with Crippen LogP contribution in [0, 0.1) is 0 Å². The standard InChI is InChI=1S/C12H15NOS2/c1-13(2)12(16)7-6-11(14)9-4-3-5-10(15)8-9/h3-5,8,15H,6-7H2,1-2H3. The summed E-state index contributed by atoms with van der Waals surface area (Å²) in [6.07, 6.45) is 1.08. The number of hydrogen-bond donors (Lipinski definition) is 1. The molecule has 0 N–H and O–H groups in total. The molecule has 0 saturated carbocycles. The van der Waals surface area contributed by atoms with Crippen LogP contribution in [0.15, 0.2) is 29.2 Å². The van der Waals surface area contributed by atoms with Crippen molar-refractivity contribution in [1.82, 2.24) is 4.90 Å². The topological polar surface area (TPSA) is 20.3 Å². The van der Waals surface area contributed by atoms with Crippen LogP contribution >= 0.6 is 24.8 Å². The molecule has 0 fully saturated rings. The predicted molar refractivity (Wildman–Crippen MR) is 73.5 cm³/mol. The summed E-state index contributed by atoms with van der Waals surface area (Å²) in [6.45, 7) is 0. The van der Waals surface area contributed by atoms with Gasteiger partial charge in [0.15, 0.2) is 5.78 Å². The van der Waals surface area contributed by atoms with Crippen LogP contribution in [0.2, 0.25) is 0 Å². The van der Waals surface area contributed by atoms with Crippen molar-refractivity contribution in [3.63, 3.8) is 0 Å². The number of rotatable bonds is 4. The molecule has 4 heteroatoms. The van der Waals surface area contributed by atoms with Crippen molar-refractivity contribution in [2.45, 2.75) is 17.7 Å². The summed E-state index contributed by atoms with van der Waals surface area (Å²) in [5.41, 5.74) is 0.703. The molecule has 0 aliphatic heterocycles. The summed E-state index contributed by atoms with van der Waals surface area (Å²) in [7, 11) is 3.78. The highest BCUT2D eigenvalue weighted by Crippen LogP contribution is 2.12. The van der Waals surface area contributed by atoms with Gasteiger partial charge in [-0.2, -0.15) is 0 Å². The number of hydrogen-bond acceptors (Lipinski definition) is 3. The van der Waals surface area contributed by atoms with E-state index in [1.807, 2.05) is 31.1 Å². The maximum Gasteiger partial charge on any atom is 0.163 e. The molecule has 1 aromatic rings. The number of thiocarbonyl (C=S) groups is 1. The van der Waals surface area contributed by atoms with E-state index >= 15 is 0 Å². The molecule has 16 heavy (non-hydrogen) atoms. The third-order valence-corrected chi connectivity index (χ3v) is 3.08. The minimum atomic E-state index is 0.111. The van der Waals surface area contributed by atoms with E-state index in [-0.39, 0.29) is 5.78 Å². The number of benzene rings is 1. The van der Waals surface area contributed by atoms with Crippen molar-refractivity contribution in [2.75, 3.05) is 14.1 Å². The highest BCUT2D eigenvalue weighted by atomic mass is 32.1. The minimum Gasteiger partial charge on any atom is -0.372 e. The van der Waals surface area contributed by atoms with Crippen molar-refractivity contribution >= 4 is 35.6 Å². The van der Waals surface area contributed by atoms with E-state index in [4.69, 9.17) is 12.2 Å². The molecular weight excluding hydrogens is 238 g/mol. The molecule has 1 rings (SSSR count). The molecule has 0 saturated heterocycles. The number of nitrogens with zero attached hydrogens (tertiary/aromatic N) is 1. The summed E-state index contributed by atoms with van der Waals surface area (Å²) in [6, 6.07) is 7.27. The van der Waals surface area contributed by atoms with Crippen molar-refractivity contribution in [1.29, 1.82) is 0 Å². The third kappa shape index (κ3) is 3.94. The quantitative estimate of drug-likeness (QED) is 0.506. The molecule has 0 spiro atoms. The number of ketones is 1. The lowest BCUT2D eigenvalue weighted by atomic mass is 10.1. The smallest absolute Gasteiger partial charge is 0.163 e. The fourth-order valence-corrected chi connectivity index (χ4v) is 1.59. The normalized spacial score (nSPS) is 9.94. The van der Waals surface area contributed by atoms with Crippen LogP contribution < -0.4 is 0 Å². The van der Waals surface area contributed by atoms with Crippen molar-refractivity contribution in [3.8, 4) is 0 Å². The van der Waals surface area contributed by atoms with Crippen LogP contribution in [0.4, 0.5) is 0 Å². The Kier molecular flexibility index (Phi) is 4.96. The molecule has 0 amide bonds. The zero-order valence-corrected chi connectivity index (χ0v) is 11.1. The lowest BCUT2D eigenvalue weighted by molar-refractivity contribution is 0.0984. The Morgan fingerprint density at radius 3 is 2.62 bits per heavy atom. The molecule has 1 aromatic carbocycles. The van der Waals surface area contributed by atoms with E-state index in [0.29, 0.717) is 18.4 Å². The fourth-order valence-electron chi connectivity index (χ4n) is 1.27. The Morgan fingerprint density at radius 2 is 2.06 bits per heavy atom. The van der Waals surface area contributed by atoms with Crippen LogP contribution in [0.25, 0.3) is 0 Å². The second-order valence-corrected chi connectivity index (χ2v) is 4.75. The SMILES string of the molecule is CN(C)C(=S)CCC(=O)c1cccc(S)c1. The van der Waals surface area contributed by atoms with Crippen LogP contribution in [0.1, 0.15) is 23.2 Å². The molecule has 0 aromatic heterocycles. The maximum atomic E-state index is 11.8. The van der Waals surface area contributed by atoms with Gasteiger partial charge in [-0.15, -0.1) is 12.6 Å². The first kappa shape index (κ1) is 13.2. The van der Waals surface area contributed by atoms with Gasteiger partial charge in [-0.1, -0.05) is 24.4 Å². The molecule has 0 bridgehead atoms. The summed E-state index contributed by atoms with van der Waals surface area (Å²) in [5.74, 6) is 0.111. The first-order valence-corrected chi connectivity index (χ1v) is 5.88. The summed E-state index contributed by atoms with van der Waals surface area (Å²) >= 11 is 9.33. The summed E-state index contributed by atoms with van der Waals surface area (Å²) in [5, 5.41) is 0. The second kappa shape index (κ2) is 6.01. The lowest BCUT2D eigenvalue weighted by Gasteiger charge is -2.12. The highest BCUT2D eigenvalue weighted by molar-refractivity contribution is 7.80. The number of thiol groups is 1. The Hall–Kier alpha value is -0.870. The van der Waals surface area contributed by atoms with Gasteiger partial charge in [-0.25, -0.2) is 0 Å². The maximum absolute atomic E-state index is 11.8. The van der Waals surface area contributed by atoms with Gasteiger partial charge >= 0.3 is 0 Å². The van der Waals surface area contributed by atoms with Gasteiger partial charge in [0.1, 0.15) is 0 Å². The van der Waals surface area contributed by atoms with E-state index in [2.05, 4.69) is 12.6 Å². The predicted octanol–water partition coefficient (Wildman–Crippen LogP) is 2.83. The molecule has 2 nitrogen and oxygen atoms in total. The van der Waals surface area contributed by atoms with Gasteiger partial charge in [0.2, 0.25) is 0 Å². The molecule has 0 aliphatic rings. The van der Waals surface area contributed by atoms with Crippen molar-refractivity contribution < 1.29 is 4.79 Å². The summed E-state index contributed by atoms with van der Waals surface area (Å²) in [4.78, 5) is 15.3. The van der Waals surface area contributed by atoms with Crippen LogP contribution in [0.5, 0.6) is 0 Å². The van der Waals surface area contributed by atoms with E-state index in [1.165, 1.54) is 0 Å². The third-order valence-electron chi connectivity index (χ3n) is 2.23. The molecule has 0 atom stereocenters.